The Hall–Kier alpha value is -4.35. The highest BCUT2D eigenvalue weighted by atomic mass is 32.2. The van der Waals surface area contributed by atoms with Crippen molar-refractivity contribution < 1.29 is 28.6 Å². The lowest BCUT2D eigenvalue weighted by atomic mass is 10.2. The van der Waals surface area contributed by atoms with Gasteiger partial charge in [0.25, 0.3) is 11.1 Å². The normalized spacial score (nSPS) is 16.4. The van der Waals surface area contributed by atoms with E-state index in [9.17, 15) is 14.4 Å². The molecule has 2 aliphatic heterocycles. The van der Waals surface area contributed by atoms with Gasteiger partial charge in [-0.05, 0) is 65.4 Å². The second-order valence-corrected chi connectivity index (χ2v) is 9.98. The smallest absolute Gasteiger partial charge is 0.294 e. The third-order valence-electron chi connectivity index (χ3n) is 6.33. The van der Waals surface area contributed by atoms with Crippen LogP contribution in [0.4, 0.5) is 16.2 Å². The summed E-state index contributed by atoms with van der Waals surface area (Å²) in [5.41, 5.74) is 3.11. The summed E-state index contributed by atoms with van der Waals surface area (Å²) in [6, 6.07) is 16.4. The standard InChI is InChI=1S/C29H28N4O6S/c1-37-25-16-21(6-7-24(25)39-19-20-8-10-30-11-9-20)17-26-28(35)33(29(36)40-26)18-27(34)31-22-4-2-3-5-23(22)32-12-14-38-15-13-32/h2-11,16-17H,12-15,18-19H2,1H3,(H,31,34)/b26-17+. The Kier molecular flexibility index (Phi) is 8.62. The van der Waals surface area contributed by atoms with Crippen molar-refractivity contribution in [1.82, 2.24) is 9.88 Å². The molecular weight excluding hydrogens is 532 g/mol. The fourth-order valence-corrected chi connectivity index (χ4v) is 5.15. The van der Waals surface area contributed by atoms with Gasteiger partial charge in [0.15, 0.2) is 11.5 Å². The Morgan fingerprint density at radius 1 is 1.07 bits per heavy atom. The number of amides is 3. The van der Waals surface area contributed by atoms with Gasteiger partial charge in [0.05, 0.1) is 36.6 Å². The lowest BCUT2D eigenvalue weighted by Crippen LogP contribution is -2.38. The number of nitrogens with one attached hydrogen (secondary N) is 1. The highest BCUT2D eigenvalue weighted by molar-refractivity contribution is 8.18. The number of hydrogen-bond acceptors (Lipinski definition) is 9. The van der Waals surface area contributed by atoms with Crippen molar-refractivity contribution in [2.24, 2.45) is 0 Å². The molecule has 206 valence electrons. The topological polar surface area (TPSA) is 110 Å². The average molecular weight is 561 g/mol. The molecule has 0 spiro atoms. The fourth-order valence-electron chi connectivity index (χ4n) is 4.31. The largest absolute Gasteiger partial charge is 0.493 e. The lowest BCUT2D eigenvalue weighted by Gasteiger charge is -2.30. The number of ether oxygens (including phenoxy) is 3. The molecule has 0 radical (unpaired) electrons. The summed E-state index contributed by atoms with van der Waals surface area (Å²) < 4.78 is 16.8. The minimum Gasteiger partial charge on any atom is -0.493 e. The van der Waals surface area contributed by atoms with Gasteiger partial charge in [-0.1, -0.05) is 18.2 Å². The van der Waals surface area contributed by atoms with E-state index in [4.69, 9.17) is 14.2 Å². The molecule has 11 heteroatoms. The molecule has 2 saturated heterocycles. The molecule has 1 aromatic heterocycles. The second-order valence-electron chi connectivity index (χ2n) is 8.99. The summed E-state index contributed by atoms with van der Waals surface area (Å²) in [6.45, 7) is 2.60. The number of carbonyl (C=O) groups excluding carboxylic acids is 3. The molecule has 1 N–H and O–H groups in total. The Labute approximate surface area is 235 Å². The number of methoxy groups -OCH3 is 1. The van der Waals surface area contributed by atoms with Gasteiger partial charge in [0, 0.05) is 25.5 Å². The van der Waals surface area contributed by atoms with Crippen LogP contribution in [0.3, 0.4) is 0 Å². The molecule has 2 aromatic carbocycles. The molecule has 2 fully saturated rings. The summed E-state index contributed by atoms with van der Waals surface area (Å²) in [6.07, 6.45) is 4.99. The minimum atomic E-state index is -0.524. The van der Waals surface area contributed by atoms with Crippen LogP contribution < -0.4 is 19.7 Å². The maximum atomic E-state index is 13.1. The van der Waals surface area contributed by atoms with Crippen LogP contribution >= 0.6 is 11.8 Å². The van der Waals surface area contributed by atoms with Crippen molar-refractivity contribution in [3.63, 3.8) is 0 Å². The molecule has 3 amide bonds. The summed E-state index contributed by atoms with van der Waals surface area (Å²) in [5.74, 6) is 0.0455. The highest BCUT2D eigenvalue weighted by Crippen LogP contribution is 2.35. The summed E-state index contributed by atoms with van der Waals surface area (Å²) in [7, 11) is 1.53. The average Bonchev–Trinajstić information content (AvgIpc) is 3.24. The van der Waals surface area contributed by atoms with E-state index in [1.165, 1.54) is 7.11 Å². The molecule has 0 bridgehead atoms. The lowest BCUT2D eigenvalue weighted by molar-refractivity contribution is -0.127. The van der Waals surface area contributed by atoms with Crippen LogP contribution in [0, 0.1) is 0 Å². The number of rotatable bonds is 9. The van der Waals surface area contributed by atoms with Crippen LogP contribution in [0.25, 0.3) is 6.08 Å². The van der Waals surface area contributed by atoms with Crippen molar-refractivity contribution in [1.29, 1.82) is 0 Å². The van der Waals surface area contributed by atoms with Gasteiger partial charge in [-0.15, -0.1) is 0 Å². The number of aromatic nitrogens is 1. The zero-order valence-electron chi connectivity index (χ0n) is 21.9. The molecule has 0 saturated carbocycles. The molecule has 40 heavy (non-hydrogen) atoms. The zero-order valence-corrected chi connectivity index (χ0v) is 22.7. The molecule has 0 atom stereocenters. The van der Waals surface area contributed by atoms with Gasteiger partial charge >= 0.3 is 0 Å². The number of para-hydroxylation sites is 2. The van der Waals surface area contributed by atoms with Gasteiger partial charge in [0.1, 0.15) is 13.2 Å². The van der Waals surface area contributed by atoms with Crippen molar-refractivity contribution in [2.75, 3.05) is 50.2 Å². The number of hydrogen-bond donors (Lipinski definition) is 1. The first kappa shape index (κ1) is 27.2. The van der Waals surface area contributed by atoms with E-state index in [-0.39, 0.29) is 11.4 Å². The summed E-state index contributed by atoms with van der Waals surface area (Å²) in [4.78, 5) is 45.9. The minimum absolute atomic E-state index is 0.221. The molecule has 3 heterocycles. The first-order valence-electron chi connectivity index (χ1n) is 12.7. The molecule has 10 nitrogen and oxygen atoms in total. The van der Waals surface area contributed by atoms with Gasteiger partial charge in [-0.25, -0.2) is 0 Å². The number of benzene rings is 2. The zero-order chi connectivity index (χ0) is 27.9. The molecule has 0 unspecified atom stereocenters. The monoisotopic (exact) mass is 560 g/mol. The number of morpholine rings is 1. The summed E-state index contributed by atoms with van der Waals surface area (Å²) >= 11 is 0.794. The molecular formula is C29H28N4O6S. The molecule has 0 aliphatic carbocycles. The van der Waals surface area contributed by atoms with Crippen molar-refractivity contribution in [3.8, 4) is 11.5 Å². The van der Waals surface area contributed by atoms with Crippen molar-refractivity contribution in [3.05, 3.63) is 83.0 Å². The third-order valence-corrected chi connectivity index (χ3v) is 7.24. The molecule has 5 rings (SSSR count). The number of nitrogens with zero attached hydrogens (tertiary/aromatic N) is 3. The highest BCUT2D eigenvalue weighted by Gasteiger charge is 2.36. The van der Waals surface area contributed by atoms with Gasteiger partial charge in [0.2, 0.25) is 5.91 Å². The number of carbonyl (C=O) groups is 3. The van der Waals surface area contributed by atoms with E-state index in [0.29, 0.717) is 55.7 Å². The van der Waals surface area contributed by atoms with Gasteiger partial charge in [-0.3, -0.25) is 24.3 Å². The van der Waals surface area contributed by atoms with Crippen LogP contribution in [0.5, 0.6) is 11.5 Å². The van der Waals surface area contributed by atoms with Crippen LogP contribution in [0.1, 0.15) is 11.1 Å². The summed E-state index contributed by atoms with van der Waals surface area (Å²) in [5, 5.41) is 2.35. The maximum Gasteiger partial charge on any atom is 0.294 e. The number of pyridine rings is 1. The predicted octanol–water partition coefficient (Wildman–Crippen LogP) is 4.18. The van der Waals surface area contributed by atoms with Crippen LogP contribution in [-0.4, -0.2) is 66.9 Å². The Balaban J connectivity index is 1.24. The van der Waals surface area contributed by atoms with Crippen molar-refractivity contribution >= 4 is 46.3 Å². The Bertz CT molecular complexity index is 1430. The van der Waals surface area contributed by atoms with E-state index in [1.54, 1.807) is 42.7 Å². The van der Waals surface area contributed by atoms with E-state index in [0.717, 1.165) is 27.9 Å². The van der Waals surface area contributed by atoms with E-state index >= 15 is 0 Å². The number of anilines is 2. The Morgan fingerprint density at radius 2 is 1.85 bits per heavy atom. The van der Waals surface area contributed by atoms with Crippen LogP contribution in [0.15, 0.2) is 71.9 Å². The van der Waals surface area contributed by atoms with Gasteiger partial charge in [-0.2, -0.15) is 0 Å². The quantitative estimate of drug-likeness (QED) is 0.386. The fraction of sp³-hybridized carbons (Fsp3) is 0.241. The van der Waals surface area contributed by atoms with E-state index in [1.807, 2.05) is 30.3 Å². The second kappa shape index (κ2) is 12.7. The van der Waals surface area contributed by atoms with E-state index in [2.05, 4.69) is 15.2 Å². The number of imide groups is 1. The maximum absolute atomic E-state index is 13.1. The van der Waals surface area contributed by atoms with Gasteiger partial charge < -0.3 is 24.4 Å². The molecule has 2 aliphatic rings. The van der Waals surface area contributed by atoms with Crippen LogP contribution in [-0.2, 0) is 20.9 Å². The Morgan fingerprint density at radius 3 is 2.62 bits per heavy atom. The SMILES string of the molecule is COc1cc(/C=C2/SC(=O)N(CC(=O)Nc3ccccc3N3CCOCC3)C2=O)ccc1OCc1ccncc1. The third kappa shape index (κ3) is 6.44. The first-order valence-corrected chi connectivity index (χ1v) is 13.5. The van der Waals surface area contributed by atoms with Crippen molar-refractivity contribution in [2.45, 2.75) is 6.61 Å². The van der Waals surface area contributed by atoms with E-state index < -0.39 is 17.1 Å². The number of thioether (sulfide) groups is 1. The van der Waals surface area contributed by atoms with Crippen LogP contribution in [0.2, 0.25) is 0 Å². The first-order chi connectivity index (χ1) is 19.5. The predicted molar refractivity (Wildman–Crippen MR) is 152 cm³/mol. The molecule has 3 aromatic rings.